The Labute approximate surface area is 187 Å². The van der Waals surface area contributed by atoms with Crippen LogP contribution in [0.25, 0.3) is 0 Å². The number of aliphatic hydroxyl groups excluding tert-OH is 1. The third kappa shape index (κ3) is 3.57. The molecule has 0 spiro atoms. The van der Waals surface area contributed by atoms with Gasteiger partial charge < -0.3 is 15.7 Å². The molecule has 0 aromatic heterocycles. The maximum atomic E-state index is 13.2. The topological polar surface area (TPSA) is 78.4 Å². The van der Waals surface area contributed by atoms with E-state index in [2.05, 4.69) is 30.6 Å². The second kappa shape index (κ2) is 7.47. The summed E-state index contributed by atoms with van der Waals surface area (Å²) in [7, 11) is 0. The number of hydrogen-bond donors (Lipinski definition) is 3. The van der Waals surface area contributed by atoms with Crippen molar-refractivity contribution in [2.75, 3.05) is 0 Å². The molecule has 4 aliphatic rings. The van der Waals surface area contributed by atoms with Crippen LogP contribution in [0.4, 0.5) is 13.2 Å². The first-order chi connectivity index (χ1) is 14.7. The summed E-state index contributed by atoms with van der Waals surface area (Å²) >= 11 is 0. The third-order valence-electron chi connectivity index (χ3n) is 9.44. The number of hydrogen-bond acceptors (Lipinski definition) is 3. The third-order valence-corrected chi connectivity index (χ3v) is 9.44. The van der Waals surface area contributed by atoms with Crippen molar-refractivity contribution in [3.63, 3.8) is 0 Å². The van der Waals surface area contributed by atoms with Crippen LogP contribution in [-0.2, 0) is 9.59 Å². The highest BCUT2D eigenvalue weighted by atomic mass is 19.4. The molecule has 0 aromatic carbocycles. The number of fused-ring (bicyclic) bond motifs is 5. The van der Waals surface area contributed by atoms with Gasteiger partial charge in [-0.15, -0.1) is 0 Å². The molecule has 3 aliphatic carbocycles. The molecule has 3 saturated carbocycles. The highest BCUT2D eigenvalue weighted by Crippen LogP contribution is 2.65. The monoisotopic (exact) mass is 456 g/mol. The van der Waals surface area contributed by atoms with Crippen molar-refractivity contribution < 1.29 is 27.9 Å². The predicted octanol–water partition coefficient (Wildman–Crippen LogP) is 3.72. The molecular weight excluding hydrogens is 421 g/mol. The zero-order valence-corrected chi connectivity index (χ0v) is 19.3. The molecule has 0 aromatic rings. The second-order valence-corrected chi connectivity index (χ2v) is 11.5. The molecular formula is C24H35F3N2O3. The van der Waals surface area contributed by atoms with Crippen LogP contribution in [0.3, 0.4) is 0 Å². The summed E-state index contributed by atoms with van der Waals surface area (Å²) < 4.78 is 39.2. The van der Waals surface area contributed by atoms with E-state index in [-0.39, 0.29) is 34.6 Å². The molecule has 180 valence electrons. The Balaban J connectivity index is 1.53. The van der Waals surface area contributed by atoms with E-state index < -0.39 is 17.8 Å². The van der Waals surface area contributed by atoms with Gasteiger partial charge in [-0.1, -0.05) is 19.9 Å². The Morgan fingerprint density at radius 2 is 1.84 bits per heavy atom. The molecule has 1 aliphatic heterocycles. The van der Waals surface area contributed by atoms with Gasteiger partial charge in [-0.2, -0.15) is 13.2 Å². The van der Waals surface area contributed by atoms with Gasteiger partial charge in [-0.25, -0.2) is 0 Å². The van der Waals surface area contributed by atoms with Gasteiger partial charge in [0.1, 0.15) is 0 Å². The molecule has 8 atom stereocenters. The Morgan fingerprint density at radius 1 is 1.16 bits per heavy atom. The molecule has 3 fully saturated rings. The van der Waals surface area contributed by atoms with Crippen LogP contribution in [0.15, 0.2) is 12.2 Å². The predicted molar refractivity (Wildman–Crippen MR) is 113 cm³/mol. The summed E-state index contributed by atoms with van der Waals surface area (Å²) in [6.07, 6.45) is 1.51. The molecule has 1 heterocycles. The minimum atomic E-state index is -4.80. The lowest BCUT2D eigenvalue weighted by Gasteiger charge is -2.58. The second-order valence-electron chi connectivity index (χ2n) is 11.5. The van der Waals surface area contributed by atoms with Crippen LogP contribution >= 0.6 is 0 Å². The van der Waals surface area contributed by atoms with Crippen LogP contribution in [0.2, 0.25) is 0 Å². The molecule has 0 radical (unpaired) electrons. The van der Waals surface area contributed by atoms with Crippen molar-refractivity contribution in [1.29, 1.82) is 0 Å². The molecule has 0 saturated heterocycles. The molecule has 5 nitrogen and oxygen atoms in total. The molecule has 4 rings (SSSR count). The molecule has 3 N–H and O–H groups in total. The van der Waals surface area contributed by atoms with Gasteiger partial charge >= 0.3 is 6.18 Å². The van der Waals surface area contributed by atoms with Gasteiger partial charge in [-0.05, 0) is 81.6 Å². The number of carbonyl (C=O) groups excluding carboxylic acids is 2. The molecule has 32 heavy (non-hydrogen) atoms. The summed E-state index contributed by atoms with van der Waals surface area (Å²) in [4.78, 5) is 25.1. The first kappa shape index (κ1) is 23.6. The van der Waals surface area contributed by atoms with Gasteiger partial charge in [0.2, 0.25) is 11.8 Å². The smallest absolute Gasteiger partial charge is 0.382 e. The van der Waals surface area contributed by atoms with Gasteiger partial charge in [-0.3, -0.25) is 9.59 Å². The lowest BCUT2D eigenvalue weighted by Crippen LogP contribution is -2.61. The van der Waals surface area contributed by atoms with E-state index in [0.29, 0.717) is 24.2 Å². The highest BCUT2D eigenvalue weighted by molar-refractivity contribution is 5.89. The van der Waals surface area contributed by atoms with Gasteiger partial charge in [0, 0.05) is 17.4 Å². The average Bonchev–Trinajstić information content (AvgIpc) is 3.04. The maximum absolute atomic E-state index is 13.2. The summed E-state index contributed by atoms with van der Waals surface area (Å²) in [6.45, 7) is 6.81. The normalized spacial score (nSPS) is 42.4. The van der Waals surface area contributed by atoms with Crippen molar-refractivity contribution in [3.05, 3.63) is 12.2 Å². The van der Waals surface area contributed by atoms with Crippen LogP contribution in [0.1, 0.15) is 66.2 Å². The van der Waals surface area contributed by atoms with Gasteiger partial charge in [0.15, 0.2) is 6.10 Å². The van der Waals surface area contributed by atoms with E-state index >= 15 is 0 Å². The lowest BCUT2D eigenvalue weighted by molar-refractivity contribution is -0.223. The number of nitrogens with one attached hydrogen (secondary N) is 2. The van der Waals surface area contributed by atoms with Crippen molar-refractivity contribution in [2.24, 2.45) is 34.5 Å². The van der Waals surface area contributed by atoms with E-state index in [1.807, 2.05) is 0 Å². The molecule has 1 unspecified atom stereocenters. The number of aliphatic hydroxyl groups is 1. The Bertz CT molecular complexity index is 826. The zero-order chi connectivity index (χ0) is 23.7. The van der Waals surface area contributed by atoms with Crippen LogP contribution in [0, 0.1) is 34.5 Å². The summed E-state index contributed by atoms with van der Waals surface area (Å²) in [5, 5.41) is 15.4. The quantitative estimate of drug-likeness (QED) is 0.606. The SMILES string of the molecule is CC(C)(NC(=O)[C@@H]1CC[C@@H]2[C@H]3CC[C@H]4NC(=O)C=C[C@]4(C)[C@@H]3CC[C@]21C)C(O)C(F)(F)F. The van der Waals surface area contributed by atoms with Crippen molar-refractivity contribution in [3.8, 4) is 0 Å². The van der Waals surface area contributed by atoms with E-state index in [1.54, 1.807) is 6.08 Å². The van der Waals surface area contributed by atoms with E-state index in [0.717, 1.165) is 32.1 Å². The van der Waals surface area contributed by atoms with E-state index in [1.165, 1.54) is 13.8 Å². The number of carbonyl (C=O) groups is 2. The van der Waals surface area contributed by atoms with Crippen molar-refractivity contribution in [2.45, 2.75) is 90.1 Å². The first-order valence-electron chi connectivity index (χ1n) is 11.8. The fourth-order valence-electron chi connectivity index (χ4n) is 7.65. The van der Waals surface area contributed by atoms with E-state index in [9.17, 15) is 27.9 Å². The lowest BCUT2D eigenvalue weighted by atomic mass is 9.48. The fraction of sp³-hybridized carbons (Fsp3) is 0.833. The number of amides is 2. The van der Waals surface area contributed by atoms with Gasteiger partial charge in [0.05, 0.1) is 5.54 Å². The molecule has 8 heteroatoms. The molecule has 0 bridgehead atoms. The van der Waals surface area contributed by atoms with Crippen molar-refractivity contribution >= 4 is 11.8 Å². The van der Waals surface area contributed by atoms with Crippen molar-refractivity contribution in [1.82, 2.24) is 10.6 Å². The highest BCUT2D eigenvalue weighted by Gasteiger charge is 2.61. The fourth-order valence-corrected chi connectivity index (χ4v) is 7.65. The number of alkyl halides is 3. The Kier molecular flexibility index (Phi) is 5.51. The standard InChI is InChI=1S/C24H35F3N2O3/c1-21(2,20(32)24(25,26)27)29-19(31)16-7-6-14-13-5-8-17-23(4,12-10-18(30)28-17)15(13)9-11-22(14,16)3/h10,12-17,20,32H,5-9,11H2,1-4H3,(H,28,30)(H,29,31)/t13-,14-,15-,16+,17-,20?,22-,23-/m1/s1. The first-order valence-corrected chi connectivity index (χ1v) is 11.8. The largest absolute Gasteiger partial charge is 0.416 e. The van der Waals surface area contributed by atoms with Gasteiger partial charge in [0.25, 0.3) is 0 Å². The number of halogens is 3. The minimum Gasteiger partial charge on any atom is -0.382 e. The van der Waals surface area contributed by atoms with Crippen LogP contribution in [-0.4, -0.2) is 40.8 Å². The number of rotatable bonds is 3. The van der Waals surface area contributed by atoms with Crippen LogP contribution < -0.4 is 10.6 Å². The minimum absolute atomic E-state index is 0.0344. The summed E-state index contributed by atoms with van der Waals surface area (Å²) in [6, 6.07) is 0.135. The Hall–Kier alpha value is -1.57. The van der Waals surface area contributed by atoms with E-state index in [4.69, 9.17) is 0 Å². The zero-order valence-electron chi connectivity index (χ0n) is 19.3. The summed E-state index contributed by atoms with van der Waals surface area (Å²) in [5.41, 5.74) is -2.16. The average molecular weight is 457 g/mol. The maximum Gasteiger partial charge on any atom is 0.416 e. The molecule has 2 amide bonds. The Morgan fingerprint density at radius 3 is 2.50 bits per heavy atom. The summed E-state index contributed by atoms with van der Waals surface area (Å²) in [5.74, 6) is 0.402. The van der Waals surface area contributed by atoms with Crippen LogP contribution in [0.5, 0.6) is 0 Å².